The van der Waals surface area contributed by atoms with Gasteiger partial charge < -0.3 is 38.2 Å². The smallest absolute Gasteiger partial charge is 0.162 e. The predicted molar refractivity (Wildman–Crippen MR) is 307 cm³/mol. The Bertz CT molecular complexity index is 2740. The Morgan fingerprint density at radius 3 is 0.868 bits per heavy atom. The summed E-state index contributed by atoms with van der Waals surface area (Å²) in [7, 11) is 4.34. The lowest BCUT2D eigenvalue weighted by Gasteiger charge is -2.32. The highest BCUT2D eigenvalue weighted by atomic mass is 16.5. The first-order valence-electron chi connectivity index (χ1n) is 28.7. The molecule has 4 aliphatic heterocycles. The van der Waals surface area contributed by atoms with E-state index in [1.807, 2.05) is 36.4 Å². The average molecular weight is 1040 g/mol. The predicted octanol–water partition coefficient (Wildman–Crippen LogP) is 8.64. The molecule has 0 saturated carbocycles. The lowest BCUT2D eigenvalue weighted by Crippen LogP contribution is -2.44. The molecule has 6 aromatic rings. The highest BCUT2D eigenvalue weighted by Gasteiger charge is 2.21. The summed E-state index contributed by atoms with van der Waals surface area (Å²) < 4.78 is 15.4. The summed E-state index contributed by atoms with van der Waals surface area (Å²) in [6, 6.07) is 24.4. The number of ether oxygens (including phenoxy) is 2. The largest absolute Gasteiger partial charge is 0.379 e. The molecule has 14 heteroatoms. The van der Waals surface area contributed by atoms with Crippen molar-refractivity contribution in [3.63, 3.8) is 0 Å². The van der Waals surface area contributed by atoms with E-state index in [0.717, 1.165) is 236 Å². The maximum Gasteiger partial charge on any atom is 0.162 e. The van der Waals surface area contributed by atoms with Crippen molar-refractivity contribution in [3.8, 4) is 0 Å². The van der Waals surface area contributed by atoms with E-state index in [1.54, 1.807) is 0 Å². The number of aromatic nitrogens is 2. The summed E-state index contributed by atoms with van der Waals surface area (Å²) in [6.45, 7) is 25.5. The molecule has 4 fully saturated rings. The number of fused-ring (bicyclic) bond motifs is 6. The molecule has 0 spiro atoms. The fourth-order valence-electron chi connectivity index (χ4n) is 11.8. The number of ketones is 4. The van der Waals surface area contributed by atoms with Crippen LogP contribution < -0.4 is 0 Å². The van der Waals surface area contributed by atoms with Gasteiger partial charge in [0.05, 0.1) is 26.4 Å². The Labute approximate surface area is 450 Å². The fraction of sp³-hybridized carbons (Fsp3) is 0.548. The van der Waals surface area contributed by atoms with Gasteiger partial charge >= 0.3 is 0 Å². The summed E-state index contributed by atoms with van der Waals surface area (Å²) in [5.41, 5.74) is 7.54. The fourth-order valence-corrected chi connectivity index (χ4v) is 11.8. The van der Waals surface area contributed by atoms with Crippen LogP contribution in [0.3, 0.4) is 0 Å². The quantitative estimate of drug-likeness (QED) is 0.0607. The molecule has 4 saturated heterocycles. The van der Waals surface area contributed by atoms with Gasteiger partial charge in [0.2, 0.25) is 0 Å². The van der Waals surface area contributed by atoms with Crippen molar-refractivity contribution in [2.45, 2.75) is 78.3 Å². The number of carbonyl (C=O) groups excluding carboxylic acids is 4. The second-order valence-electron chi connectivity index (χ2n) is 21.7. The number of benzene rings is 4. The summed E-state index contributed by atoms with van der Waals surface area (Å²) >= 11 is 0. The number of rotatable bonds is 22. The molecular weight excluding hydrogens is 953 g/mol. The lowest BCUT2D eigenvalue weighted by atomic mass is 10.0. The third-order valence-corrected chi connectivity index (χ3v) is 16.6. The third kappa shape index (κ3) is 13.9. The van der Waals surface area contributed by atoms with Crippen molar-refractivity contribution in [3.05, 3.63) is 95.1 Å². The molecule has 6 heterocycles. The zero-order valence-electron chi connectivity index (χ0n) is 46.2. The molecule has 0 aliphatic carbocycles. The molecule has 408 valence electrons. The van der Waals surface area contributed by atoms with Crippen LogP contribution in [-0.2, 0) is 22.6 Å². The SMILES string of the molecule is CCn1c2ccc(C(=O)CCCN3CCN(C)CC3)cc2c2cc(C(=O)CCCN3CCN(C)CC3)ccc21.CCn1c2ccc(C(=O)CCCN3CCOCC3)cc2c2cc(C(=O)CCCN3CCOCC3)ccc21. The van der Waals surface area contributed by atoms with Crippen molar-refractivity contribution < 1.29 is 28.7 Å². The van der Waals surface area contributed by atoms with Crippen LogP contribution in [0.25, 0.3) is 43.6 Å². The van der Waals surface area contributed by atoms with E-state index in [2.05, 4.69) is 103 Å². The van der Waals surface area contributed by atoms with Gasteiger partial charge in [-0.3, -0.25) is 29.0 Å². The monoisotopic (exact) mass is 1040 g/mol. The van der Waals surface area contributed by atoms with Crippen LogP contribution in [0, 0.1) is 0 Å². The Morgan fingerprint density at radius 1 is 0.368 bits per heavy atom. The van der Waals surface area contributed by atoms with Gasteiger partial charge in [-0.15, -0.1) is 0 Å². The third-order valence-electron chi connectivity index (χ3n) is 16.6. The number of hydrogen-bond donors (Lipinski definition) is 0. The zero-order chi connectivity index (χ0) is 53.0. The number of morpholine rings is 2. The van der Waals surface area contributed by atoms with Crippen molar-refractivity contribution in [1.82, 2.24) is 38.5 Å². The van der Waals surface area contributed by atoms with Gasteiger partial charge in [0.1, 0.15) is 0 Å². The van der Waals surface area contributed by atoms with E-state index in [-0.39, 0.29) is 23.1 Å². The van der Waals surface area contributed by atoms with Gasteiger partial charge in [0, 0.05) is 183 Å². The van der Waals surface area contributed by atoms with Crippen molar-refractivity contribution >= 4 is 66.7 Å². The minimum atomic E-state index is 0.183. The lowest BCUT2D eigenvalue weighted by molar-refractivity contribution is 0.0370. The maximum absolute atomic E-state index is 13.1. The summed E-state index contributed by atoms with van der Waals surface area (Å²) in [5.74, 6) is 0.782. The molecule has 0 N–H and O–H groups in total. The van der Waals surface area contributed by atoms with Crippen LogP contribution >= 0.6 is 0 Å². The standard InChI is InChI=1S/C32H45N5O2.C30H39N3O4/c1-4-37-29-11-9-25(31(38)7-5-13-35-19-15-33(2)16-20-35)23-27(29)28-24-26(10-12-30(28)37)32(39)8-6-14-36-21-17-34(3)18-22-36;1-2-33-27-9-7-23(29(34)5-3-11-31-13-17-36-18-14-31)21-25(27)26-22-24(8-10-28(26)33)30(35)6-4-12-32-15-19-37-20-16-32/h9-12,23-24H,4-8,13-22H2,1-3H3;7-10,21-22H,2-6,11-20H2,1H3. The molecule has 14 nitrogen and oxygen atoms in total. The van der Waals surface area contributed by atoms with E-state index >= 15 is 0 Å². The number of nitrogens with zero attached hydrogens (tertiary/aromatic N) is 8. The Morgan fingerprint density at radius 2 is 0.618 bits per heavy atom. The molecule has 0 bridgehead atoms. The molecular formula is C62H84N8O6. The van der Waals surface area contributed by atoms with Gasteiger partial charge in [-0.25, -0.2) is 0 Å². The second-order valence-corrected chi connectivity index (χ2v) is 21.7. The molecule has 0 amide bonds. The molecule has 0 atom stereocenters. The Hall–Kier alpha value is -5.16. The molecule has 10 rings (SSSR count). The first kappa shape index (κ1) is 55.6. The van der Waals surface area contributed by atoms with Gasteiger partial charge in [0.25, 0.3) is 0 Å². The van der Waals surface area contributed by atoms with Crippen LogP contribution in [0.1, 0.15) is 107 Å². The normalized spacial score (nSPS) is 17.9. The molecule has 0 radical (unpaired) electrons. The summed E-state index contributed by atoms with van der Waals surface area (Å²) in [4.78, 5) is 66.8. The highest BCUT2D eigenvalue weighted by molar-refractivity contribution is 6.14. The summed E-state index contributed by atoms with van der Waals surface area (Å²) in [5, 5.41) is 4.26. The molecule has 4 aromatic carbocycles. The minimum Gasteiger partial charge on any atom is -0.379 e. The molecule has 2 aromatic heterocycles. The van der Waals surface area contributed by atoms with Crippen LogP contribution in [0.15, 0.2) is 72.8 Å². The van der Waals surface area contributed by atoms with Gasteiger partial charge in [-0.2, -0.15) is 0 Å². The zero-order valence-corrected chi connectivity index (χ0v) is 46.2. The first-order chi connectivity index (χ1) is 37.1. The van der Waals surface area contributed by atoms with E-state index in [9.17, 15) is 19.2 Å². The van der Waals surface area contributed by atoms with Crippen LogP contribution in [0.5, 0.6) is 0 Å². The number of Topliss-reactive ketones (excluding diaryl/α,β-unsaturated/α-hetero) is 4. The van der Waals surface area contributed by atoms with E-state index in [1.165, 1.54) is 0 Å². The minimum absolute atomic E-state index is 0.183. The van der Waals surface area contributed by atoms with Crippen molar-refractivity contribution in [2.75, 3.05) is 145 Å². The topological polar surface area (TPSA) is 116 Å². The first-order valence-corrected chi connectivity index (χ1v) is 28.7. The highest BCUT2D eigenvalue weighted by Crippen LogP contribution is 2.33. The van der Waals surface area contributed by atoms with Crippen molar-refractivity contribution in [1.29, 1.82) is 0 Å². The maximum atomic E-state index is 13.1. The molecule has 4 aliphatic rings. The van der Waals surface area contributed by atoms with E-state index in [0.29, 0.717) is 25.7 Å². The van der Waals surface area contributed by atoms with Gasteiger partial charge in [0.15, 0.2) is 23.1 Å². The number of carbonyl (C=O) groups is 4. The number of likely N-dealkylation sites (N-methyl/N-ethyl adjacent to an activating group) is 2. The van der Waals surface area contributed by atoms with Crippen LogP contribution in [-0.4, -0.2) is 207 Å². The van der Waals surface area contributed by atoms with E-state index < -0.39 is 0 Å². The summed E-state index contributed by atoms with van der Waals surface area (Å²) in [6.07, 6.45) is 5.73. The number of hydrogen-bond acceptors (Lipinski definition) is 12. The van der Waals surface area contributed by atoms with Crippen LogP contribution in [0.2, 0.25) is 0 Å². The molecule has 76 heavy (non-hydrogen) atoms. The number of piperazine rings is 2. The number of aryl methyl sites for hydroxylation is 2. The molecule has 0 unspecified atom stereocenters. The van der Waals surface area contributed by atoms with Crippen LogP contribution in [0.4, 0.5) is 0 Å². The van der Waals surface area contributed by atoms with Crippen molar-refractivity contribution in [2.24, 2.45) is 0 Å². The van der Waals surface area contributed by atoms with E-state index in [4.69, 9.17) is 9.47 Å². The van der Waals surface area contributed by atoms with Gasteiger partial charge in [-0.1, -0.05) is 0 Å². The Kier molecular flexibility index (Phi) is 19.7. The second kappa shape index (κ2) is 26.9. The van der Waals surface area contributed by atoms with Gasteiger partial charge in [-0.05, 0) is 153 Å². The average Bonchev–Trinajstić information content (AvgIpc) is 3.95. The Balaban J connectivity index is 0.000000186.